The summed E-state index contributed by atoms with van der Waals surface area (Å²) < 4.78 is 5.46. The summed E-state index contributed by atoms with van der Waals surface area (Å²) in [5.41, 5.74) is 0. The van der Waals surface area contributed by atoms with Crippen molar-refractivity contribution in [3.8, 4) is 0 Å². The first-order chi connectivity index (χ1) is 10.2. The molecule has 6 heteroatoms. The Morgan fingerprint density at radius 1 is 1.57 bits per heavy atom. The van der Waals surface area contributed by atoms with Crippen molar-refractivity contribution in [1.82, 2.24) is 19.8 Å². The number of imidazole rings is 1. The van der Waals surface area contributed by atoms with Crippen LogP contribution < -0.4 is 0 Å². The van der Waals surface area contributed by atoms with Crippen LogP contribution in [0.1, 0.15) is 38.1 Å². The Hall–Kier alpha value is -1.40. The number of methoxy groups -OCH3 is 1. The second-order valence-electron chi connectivity index (χ2n) is 5.92. The molecule has 1 saturated carbocycles. The molecule has 21 heavy (non-hydrogen) atoms. The molecule has 3 rings (SSSR count). The number of aromatic amines is 1. The van der Waals surface area contributed by atoms with E-state index in [4.69, 9.17) is 4.74 Å². The zero-order valence-corrected chi connectivity index (χ0v) is 12.8. The predicted molar refractivity (Wildman–Crippen MR) is 78.7 cm³/mol. The van der Waals surface area contributed by atoms with Gasteiger partial charge in [0, 0.05) is 38.5 Å². The molecule has 116 valence electrons. The van der Waals surface area contributed by atoms with E-state index in [9.17, 15) is 4.79 Å². The first-order valence-corrected chi connectivity index (χ1v) is 7.78. The minimum Gasteiger partial charge on any atom is -0.380 e. The van der Waals surface area contributed by atoms with Gasteiger partial charge >= 0.3 is 0 Å². The SMILES string of the molecule is CCN(CC(=O)N1C[C@H](OC)CC1c1ncc[nH]1)C1CC1. The van der Waals surface area contributed by atoms with Gasteiger partial charge in [-0.05, 0) is 19.4 Å². The Balaban J connectivity index is 1.69. The first-order valence-electron chi connectivity index (χ1n) is 7.78. The number of aromatic nitrogens is 2. The smallest absolute Gasteiger partial charge is 0.237 e. The molecule has 2 heterocycles. The van der Waals surface area contributed by atoms with E-state index < -0.39 is 0 Å². The lowest BCUT2D eigenvalue weighted by molar-refractivity contribution is -0.134. The third kappa shape index (κ3) is 3.11. The number of nitrogens with one attached hydrogen (secondary N) is 1. The fraction of sp³-hybridized carbons (Fsp3) is 0.733. The van der Waals surface area contributed by atoms with Crippen molar-refractivity contribution in [2.24, 2.45) is 0 Å². The number of nitrogens with zero attached hydrogens (tertiary/aromatic N) is 3. The minimum absolute atomic E-state index is 0.00959. The van der Waals surface area contributed by atoms with Crippen LogP contribution in [-0.4, -0.2) is 64.6 Å². The van der Waals surface area contributed by atoms with Gasteiger partial charge in [-0.25, -0.2) is 4.98 Å². The number of rotatable bonds is 6. The number of carbonyl (C=O) groups excluding carboxylic acids is 1. The number of likely N-dealkylation sites (N-methyl/N-ethyl adjacent to an activating group) is 1. The van der Waals surface area contributed by atoms with Crippen LogP contribution in [-0.2, 0) is 9.53 Å². The number of H-pyrrole nitrogens is 1. The third-order valence-electron chi connectivity index (χ3n) is 4.56. The maximum absolute atomic E-state index is 12.7. The molecule has 2 fully saturated rings. The molecular formula is C15H24N4O2. The van der Waals surface area contributed by atoms with Crippen molar-refractivity contribution < 1.29 is 9.53 Å². The second kappa shape index (κ2) is 6.15. The highest BCUT2D eigenvalue weighted by Crippen LogP contribution is 2.32. The van der Waals surface area contributed by atoms with Crippen molar-refractivity contribution in [2.75, 3.05) is 26.7 Å². The van der Waals surface area contributed by atoms with Crippen LogP contribution in [0.2, 0.25) is 0 Å². The van der Waals surface area contributed by atoms with Gasteiger partial charge in [0.2, 0.25) is 5.91 Å². The van der Waals surface area contributed by atoms with E-state index in [0.29, 0.717) is 19.1 Å². The monoisotopic (exact) mass is 292 g/mol. The molecular weight excluding hydrogens is 268 g/mol. The Morgan fingerprint density at radius 3 is 2.95 bits per heavy atom. The Bertz CT molecular complexity index is 472. The molecule has 1 aromatic rings. The quantitative estimate of drug-likeness (QED) is 0.855. The second-order valence-corrected chi connectivity index (χ2v) is 5.92. The van der Waals surface area contributed by atoms with Gasteiger partial charge in [0.05, 0.1) is 18.7 Å². The average molecular weight is 292 g/mol. The van der Waals surface area contributed by atoms with Crippen LogP contribution in [0.3, 0.4) is 0 Å². The lowest BCUT2D eigenvalue weighted by Gasteiger charge is -2.27. The van der Waals surface area contributed by atoms with Crippen molar-refractivity contribution in [2.45, 2.75) is 44.4 Å². The number of amides is 1. The topological polar surface area (TPSA) is 61.5 Å². The molecule has 6 nitrogen and oxygen atoms in total. The number of likely N-dealkylation sites (tertiary alicyclic amines) is 1. The van der Waals surface area contributed by atoms with E-state index >= 15 is 0 Å². The van der Waals surface area contributed by atoms with Gasteiger partial charge in [0.25, 0.3) is 0 Å². The summed E-state index contributed by atoms with van der Waals surface area (Å²) in [4.78, 5) is 24.4. The largest absolute Gasteiger partial charge is 0.380 e. The Kier molecular flexibility index (Phi) is 4.26. The van der Waals surface area contributed by atoms with E-state index in [-0.39, 0.29) is 18.1 Å². The van der Waals surface area contributed by atoms with E-state index in [1.165, 1.54) is 12.8 Å². The fourth-order valence-corrected chi connectivity index (χ4v) is 3.17. The number of hydrogen-bond donors (Lipinski definition) is 1. The van der Waals surface area contributed by atoms with Crippen LogP contribution in [0.15, 0.2) is 12.4 Å². The van der Waals surface area contributed by atoms with Crippen LogP contribution in [0.5, 0.6) is 0 Å². The van der Waals surface area contributed by atoms with Gasteiger partial charge in [0.15, 0.2) is 0 Å². The maximum atomic E-state index is 12.7. The number of hydrogen-bond acceptors (Lipinski definition) is 4. The zero-order valence-electron chi connectivity index (χ0n) is 12.8. The number of carbonyl (C=O) groups is 1. The van der Waals surface area contributed by atoms with Crippen molar-refractivity contribution >= 4 is 5.91 Å². The molecule has 0 spiro atoms. The molecule has 1 N–H and O–H groups in total. The first kappa shape index (κ1) is 14.5. The summed E-state index contributed by atoms with van der Waals surface area (Å²) in [6.07, 6.45) is 6.90. The van der Waals surface area contributed by atoms with Crippen molar-refractivity contribution in [1.29, 1.82) is 0 Å². The molecule has 1 unspecified atom stereocenters. The van der Waals surface area contributed by atoms with E-state index in [2.05, 4.69) is 21.8 Å². The molecule has 1 aliphatic heterocycles. The highest BCUT2D eigenvalue weighted by Gasteiger charge is 2.39. The van der Waals surface area contributed by atoms with E-state index in [0.717, 1.165) is 18.8 Å². The van der Waals surface area contributed by atoms with Gasteiger partial charge in [-0.2, -0.15) is 0 Å². The predicted octanol–water partition coefficient (Wildman–Crippen LogP) is 1.18. The standard InChI is InChI=1S/C15H24N4O2/c1-3-18(11-4-5-11)10-14(20)19-9-12(21-2)8-13(19)15-16-6-7-17-15/h6-7,11-13H,3-5,8-10H2,1-2H3,(H,16,17)/t12-,13?/m1/s1. The van der Waals surface area contributed by atoms with Gasteiger partial charge in [-0.3, -0.25) is 9.69 Å². The van der Waals surface area contributed by atoms with E-state index in [1.54, 1.807) is 19.5 Å². The molecule has 1 aliphatic carbocycles. The molecule has 0 aromatic carbocycles. The number of ether oxygens (including phenoxy) is 1. The zero-order chi connectivity index (χ0) is 14.8. The molecule has 0 bridgehead atoms. The van der Waals surface area contributed by atoms with Crippen LogP contribution >= 0.6 is 0 Å². The summed E-state index contributed by atoms with van der Waals surface area (Å²) >= 11 is 0. The minimum atomic E-state index is 0.00959. The average Bonchev–Trinajstić information content (AvgIpc) is 3.04. The Labute approximate surface area is 125 Å². The summed E-state index contributed by atoms with van der Waals surface area (Å²) in [6, 6.07) is 0.622. The summed E-state index contributed by atoms with van der Waals surface area (Å²) in [5.74, 6) is 1.04. The maximum Gasteiger partial charge on any atom is 0.237 e. The normalized spacial score (nSPS) is 25.8. The van der Waals surface area contributed by atoms with E-state index in [1.807, 2.05) is 4.90 Å². The van der Waals surface area contributed by atoms with Gasteiger partial charge in [-0.1, -0.05) is 6.92 Å². The summed E-state index contributed by atoms with van der Waals surface area (Å²) in [7, 11) is 1.71. The van der Waals surface area contributed by atoms with Crippen LogP contribution in [0.4, 0.5) is 0 Å². The van der Waals surface area contributed by atoms with Crippen molar-refractivity contribution in [3.05, 3.63) is 18.2 Å². The molecule has 1 saturated heterocycles. The lowest BCUT2D eigenvalue weighted by atomic mass is 10.2. The van der Waals surface area contributed by atoms with Crippen LogP contribution in [0, 0.1) is 0 Å². The van der Waals surface area contributed by atoms with Gasteiger partial charge in [-0.15, -0.1) is 0 Å². The highest BCUT2D eigenvalue weighted by atomic mass is 16.5. The fourth-order valence-electron chi connectivity index (χ4n) is 3.17. The third-order valence-corrected chi connectivity index (χ3v) is 4.56. The summed E-state index contributed by atoms with van der Waals surface area (Å²) in [6.45, 7) is 4.22. The summed E-state index contributed by atoms with van der Waals surface area (Å²) in [5, 5.41) is 0. The Morgan fingerprint density at radius 2 is 2.38 bits per heavy atom. The van der Waals surface area contributed by atoms with Crippen molar-refractivity contribution in [3.63, 3.8) is 0 Å². The molecule has 1 amide bonds. The molecule has 1 aromatic heterocycles. The molecule has 0 radical (unpaired) electrons. The van der Waals surface area contributed by atoms with Crippen LogP contribution in [0.25, 0.3) is 0 Å². The van der Waals surface area contributed by atoms with Gasteiger partial charge in [0.1, 0.15) is 5.82 Å². The lowest BCUT2D eigenvalue weighted by Crippen LogP contribution is -2.41. The molecule has 2 atom stereocenters. The molecule has 2 aliphatic rings. The van der Waals surface area contributed by atoms with Gasteiger partial charge < -0.3 is 14.6 Å². The highest BCUT2D eigenvalue weighted by molar-refractivity contribution is 5.79.